The quantitative estimate of drug-likeness (QED) is 0.428. The molecular formula is C17H32O3. The zero-order chi connectivity index (χ0) is 14.6. The van der Waals surface area contributed by atoms with Crippen molar-refractivity contribution in [3.05, 3.63) is 0 Å². The van der Waals surface area contributed by atoms with E-state index in [9.17, 15) is 9.90 Å². The lowest BCUT2D eigenvalue weighted by Gasteiger charge is -2.16. The molecule has 0 saturated carbocycles. The van der Waals surface area contributed by atoms with Gasteiger partial charge >= 0.3 is 5.97 Å². The van der Waals surface area contributed by atoms with Gasteiger partial charge in [0.25, 0.3) is 0 Å². The summed E-state index contributed by atoms with van der Waals surface area (Å²) in [6, 6.07) is 0. The van der Waals surface area contributed by atoms with Gasteiger partial charge in [0.05, 0.1) is 6.10 Å². The smallest absolute Gasteiger partial charge is 0.306 e. The third kappa shape index (κ3) is 7.88. The molecule has 1 saturated heterocycles. The zero-order valence-corrected chi connectivity index (χ0v) is 13.1. The van der Waals surface area contributed by atoms with Gasteiger partial charge in [-0.3, -0.25) is 4.79 Å². The molecule has 0 spiro atoms. The Morgan fingerprint density at radius 2 is 1.60 bits per heavy atom. The van der Waals surface area contributed by atoms with Gasteiger partial charge in [0.15, 0.2) is 0 Å². The van der Waals surface area contributed by atoms with Gasteiger partial charge in [0.2, 0.25) is 0 Å². The average Bonchev–Trinajstić information content (AvgIpc) is 2.87. The molecule has 0 aliphatic carbocycles. The summed E-state index contributed by atoms with van der Waals surface area (Å²) in [5.74, 6) is -0.155. The number of unbranched alkanes of at least 4 members (excludes halogenated alkanes) is 9. The second kappa shape index (κ2) is 11.1. The van der Waals surface area contributed by atoms with Crippen LogP contribution < -0.4 is 0 Å². The van der Waals surface area contributed by atoms with Crippen LogP contribution in [0.15, 0.2) is 0 Å². The molecule has 0 amide bonds. The Balaban J connectivity index is 1.83. The molecule has 3 heteroatoms. The van der Waals surface area contributed by atoms with Crippen molar-refractivity contribution in [3.8, 4) is 0 Å². The highest BCUT2D eigenvalue weighted by Gasteiger charge is 2.29. The molecule has 0 aromatic rings. The van der Waals surface area contributed by atoms with Gasteiger partial charge in [-0.2, -0.15) is 0 Å². The zero-order valence-electron chi connectivity index (χ0n) is 13.1. The average molecular weight is 284 g/mol. The lowest BCUT2D eigenvalue weighted by Crippen LogP contribution is -2.25. The number of aliphatic hydroxyl groups is 1. The summed E-state index contributed by atoms with van der Waals surface area (Å²) in [4.78, 5) is 11.0. The van der Waals surface area contributed by atoms with Gasteiger partial charge in [-0.05, 0) is 12.8 Å². The number of carbonyl (C=O) groups is 1. The van der Waals surface area contributed by atoms with E-state index in [1.807, 2.05) is 0 Å². The number of hydrogen-bond donors (Lipinski definition) is 1. The summed E-state index contributed by atoms with van der Waals surface area (Å²) in [6.45, 7) is 2.25. The molecule has 1 aliphatic rings. The van der Waals surface area contributed by atoms with Crippen LogP contribution in [0.5, 0.6) is 0 Å². The maximum Gasteiger partial charge on any atom is 0.306 e. The highest BCUT2D eigenvalue weighted by molar-refractivity contribution is 5.71. The fourth-order valence-corrected chi connectivity index (χ4v) is 2.84. The van der Waals surface area contributed by atoms with Crippen LogP contribution >= 0.6 is 0 Å². The molecule has 0 aromatic carbocycles. The lowest BCUT2D eigenvalue weighted by atomic mass is 10.0. The van der Waals surface area contributed by atoms with Gasteiger partial charge < -0.3 is 9.84 Å². The molecule has 0 bridgehead atoms. The van der Waals surface area contributed by atoms with Crippen molar-refractivity contribution in [2.45, 2.75) is 103 Å². The normalized spacial score (nSPS) is 20.1. The van der Waals surface area contributed by atoms with E-state index in [2.05, 4.69) is 6.92 Å². The van der Waals surface area contributed by atoms with E-state index in [0.29, 0.717) is 12.8 Å². The number of hydrogen-bond acceptors (Lipinski definition) is 3. The van der Waals surface area contributed by atoms with Gasteiger partial charge in [-0.25, -0.2) is 0 Å². The number of cyclic esters (lactones) is 1. The summed E-state index contributed by atoms with van der Waals surface area (Å²) >= 11 is 0. The first-order valence-electron chi connectivity index (χ1n) is 8.61. The minimum atomic E-state index is -0.449. The third-order valence-electron chi connectivity index (χ3n) is 4.20. The Morgan fingerprint density at radius 1 is 1.05 bits per heavy atom. The van der Waals surface area contributed by atoms with E-state index < -0.39 is 6.10 Å². The first kappa shape index (κ1) is 17.5. The standard InChI is InChI=1S/C17H32O3/c1-2-3-4-5-6-7-8-9-10-11-12-15(18)16-13-14-17(19)20-16/h15-16,18H,2-14H2,1H3/t15?,16-/m1/s1. The Labute approximate surface area is 124 Å². The highest BCUT2D eigenvalue weighted by Crippen LogP contribution is 2.20. The van der Waals surface area contributed by atoms with Crippen molar-refractivity contribution in [3.63, 3.8) is 0 Å². The van der Waals surface area contributed by atoms with Crippen molar-refractivity contribution < 1.29 is 14.6 Å². The maximum absolute atomic E-state index is 11.0. The molecular weight excluding hydrogens is 252 g/mol. The molecule has 1 unspecified atom stereocenters. The summed E-state index contributed by atoms with van der Waals surface area (Å²) in [5, 5.41) is 9.91. The first-order chi connectivity index (χ1) is 9.74. The second-order valence-electron chi connectivity index (χ2n) is 6.10. The summed E-state index contributed by atoms with van der Waals surface area (Å²) in [5.41, 5.74) is 0. The van der Waals surface area contributed by atoms with E-state index in [-0.39, 0.29) is 12.1 Å². The van der Waals surface area contributed by atoms with Crippen LogP contribution in [0.2, 0.25) is 0 Å². The van der Waals surface area contributed by atoms with Crippen molar-refractivity contribution in [1.29, 1.82) is 0 Å². The number of aliphatic hydroxyl groups excluding tert-OH is 1. The molecule has 0 radical (unpaired) electrons. The van der Waals surface area contributed by atoms with Crippen molar-refractivity contribution >= 4 is 5.97 Å². The number of carbonyl (C=O) groups excluding carboxylic acids is 1. The lowest BCUT2D eigenvalue weighted by molar-refractivity contribution is -0.145. The molecule has 0 aromatic heterocycles. The summed E-state index contributed by atoms with van der Waals surface area (Å²) in [6.07, 6.45) is 14.3. The molecule has 118 valence electrons. The maximum atomic E-state index is 11.0. The molecule has 20 heavy (non-hydrogen) atoms. The minimum Gasteiger partial charge on any atom is -0.460 e. The van der Waals surface area contributed by atoms with E-state index in [1.54, 1.807) is 0 Å². The number of ether oxygens (including phenoxy) is 1. The van der Waals surface area contributed by atoms with Crippen LogP contribution in [0.3, 0.4) is 0 Å². The van der Waals surface area contributed by atoms with Crippen molar-refractivity contribution in [2.75, 3.05) is 0 Å². The Kier molecular flexibility index (Phi) is 9.73. The summed E-state index contributed by atoms with van der Waals surface area (Å²) < 4.78 is 5.08. The fraction of sp³-hybridized carbons (Fsp3) is 0.941. The van der Waals surface area contributed by atoms with Crippen LogP contribution in [0, 0.1) is 0 Å². The van der Waals surface area contributed by atoms with E-state index in [4.69, 9.17) is 4.74 Å². The molecule has 2 atom stereocenters. The van der Waals surface area contributed by atoms with Gasteiger partial charge in [-0.1, -0.05) is 71.1 Å². The van der Waals surface area contributed by atoms with Crippen LogP contribution in [0.4, 0.5) is 0 Å². The SMILES string of the molecule is CCCCCCCCCCCCC(O)[C@H]1CCC(=O)O1. The van der Waals surface area contributed by atoms with Crippen LogP contribution in [0.1, 0.15) is 90.4 Å². The second-order valence-corrected chi connectivity index (χ2v) is 6.10. The minimum absolute atomic E-state index is 0.155. The Hall–Kier alpha value is -0.570. The van der Waals surface area contributed by atoms with Crippen molar-refractivity contribution in [2.24, 2.45) is 0 Å². The van der Waals surface area contributed by atoms with Crippen LogP contribution in [-0.2, 0) is 9.53 Å². The number of rotatable bonds is 12. The predicted molar refractivity (Wildman–Crippen MR) is 81.6 cm³/mol. The van der Waals surface area contributed by atoms with Crippen LogP contribution in [0.25, 0.3) is 0 Å². The van der Waals surface area contributed by atoms with Gasteiger partial charge in [-0.15, -0.1) is 0 Å². The number of esters is 1. The van der Waals surface area contributed by atoms with Crippen LogP contribution in [-0.4, -0.2) is 23.3 Å². The monoisotopic (exact) mass is 284 g/mol. The molecule has 1 fully saturated rings. The summed E-state index contributed by atoms with van der Waals surface area (Å²) in [7, 11) is 0. The predicted octanol–water partition coefficient (Wildman–Crippen LogP) is 4.36. The third-order valence-corrected chi connectivity index (χ3v) is 4.20. The molecule has 1 heterocycles. The van der Waals surface area contributed by atoms with E-state index in [0.717, 1.165) is 12.8 Å². The molecule has 1 N–H and O–H groups in total. The van der Waals surface area contributed by atoms with E-state index >= 15 is 0 Å². The van der Waals surface area contributed by atoms with Crippen molar-refractivity contribution in [1.82, 2.24) is 0 Å². The Bertz CT molecular complexity index is 253. The first-order valence-corrected chi connectivity index (χ1v) is 8.61. The highest BCUT2D eigenvalue weighted by atomic mass is 16.6. The van der Waals surface area contributed by atoms with Gasteiger partial charge in [0, 0.05) is 6.42 Å². The topological polar surface area (TPSA) is 46.5 Å². The fourth-order valence-electron chi connectivity index (χ4n) is 2.84. The Morgan fingerprint density at radius 3 is 2.10 bits per heavy atom. The molecule has 1 rings (SSSR count). The molecule has 3 nitrogen and oxygen atoms in total. The molecule has 1 aliphatic heterocycles. The largest absolute Gasteiger partial charge is 0.460 e. The van der Waals surface area contributed by atoms with Gasteiger partial charge in [0.1, 0.15) is 6.10 Å². The van der Waals surface area contributed by atoms with E-state index in [1.165, 1.54) is 57.8 Å².